The van der Waals surface area contributed by atoms with Crippen LogP contribution in [0, 0.1) is 0 Å². The van der Waals surface area contributed by atoms with E-state index in [4.69, 9.17) is 9.47 Å². The molecule has 0 aliphatic carbocycles. The zero-order valence-electron chi connectivity index (χ0n) is 13.5. The van der Waals surface area contributed by atoms with E-state index in [0.29, 0.717) is 38.4 Å². The molecule has 1 aromatic carbocycles. The molecule has 6 heteroatoms. The fourth-order valence-corrected chi connectivity index (χ4v) is 3.00. The number of carbonyl (C=O) groups is 2. The van der Waals surface area contributed by atoms with E-state index in [0.717, 1.165) is 5.69 Å². The first-order valence-electron chi connectivity index (χ1n) is 8.02. The summed E-state index contributed by atoms with van der Waals surface area (Å²) in [5.74, 6) is 0.642. The summed E-state index contributed by atoms with van der Waals surface area (Å²) in [6.07, 6.45) is -0.152. The van der Waals surface area contributed by atoms with Crippen molar-refractivity contribution in [3.63, 3.8) is 0 Å². The number of ether oxygens (including phenoxy) is 2. The summed E-state index contributed by atoms with van der Waals surface area (Å²) in [5.41, 5.74) is 0.735. The lowest BCUT2D eigenvalue weighted by Gasteiger charge is -2.34. The van der Waals surface area contributed by atoms with Crippen LogP contribution in [0.15, 0.2) is 24.3 Å². The van der Waals surface area contributed by atoms with Crippen molar-refractivity contribution in [1.82, 2.24) is 4.90 Å². The number of amides is 2. The maximum absolute atomic E-state index is 12.4. The lowest BCUT2D eigenvalue weighted by Crippen LogP contribution is -2.48. The number of para-hydroxylation sites is 2. The van der Waals surface area contributed by atoms with E-state index in [1.807, 2.05) is 36.1 Å². The molecule has 6 nitrogen and oxygen atoms in total. The van der Waals surface area contributed by atoms with Gasteiger partial charge in [-0.05, 0) is 26.0 Å². The predicted octanol–water partition coefficient (Wildman–Crippen LogP) is 1.44. The van der Waals surface area contributed by atoms with Crippen LogP contribution in [0.5, 0.6) is 5.75 Å². The van der Waals surface area contributed by atoms with E-state index < -0.39 is 6.10 Å². The molecular formula is C17H22N2O4. The third-order valence-corrected chi connectivity index (χ3v) is 4.22. The predicted molar refractivity (Wildman–Crippen MR) is 85.5 cm³/mol. The molecule has 2 unspecified atom stereocenters. The van der Waals surface area contributed by atoms with Gasteiger partial charge in [-0.2, -0.15) is 0 Å². The van der Waals surface area contributed by atoms with Gasteiger partial charge in [0.25, 0.3) is 5.91 Å². The molecule has 2 heterocycles. The second-order valence-electron chi connectivity index (χ2n) is 5.99. The van der Waals surface area contributed by atoms with E-state index in [1.54, 1.807) is 11.8 Å². The number of fused-ring (bicyclic) bond motifs is 1. The van der Waals surface area contributed by atoms with Crippen molar-refractivity contribution in [2.45, 2.75) is 32.5 Å². The highest BCUT2D eigenvalue weighted by molar-refractivity contribution is 6.00. The molecule has 0 aromatic heterocycles. The molecule has 0 spiro atoms. The second-order valence-corrected chi connectivity index (χ2v) is 5.99. The Balaban J connectivity index is 1.67. The Morgan fingerprint density at radius 1 is 1.30 bits per heavy atom. The topological polar surface area (TPSA) is 59.1 Å². The first-order chi connectivity index (χ1) is 11.1. The maximum Gasteiger partial charge on any atom is 0.267 e. The van der Waals surface area contributed by atoms with Gasteiger partial charge in [-0.1, -0.05) is 12.1 Å². The van der Waals surface area contributed by atoms with Crippen LogP contribution in [0.2, 0.25) is 0 Å². The molecule has 2 amide bonds. The van der Waals surface area contributed by atoms with Crippen LogP contribution in [0.3, 0.4) is 0 Å². The third-order valence-electron chi connectivity index (χ3n) is 4.22. The Bertz CT molecular complexity index is 604. The standard InChI is InChI=1S/C17H22N2O4/c1-12-11-18(9-10-22-12)16(20)7-8-19-14-5-3-4-6-15(14)23-13(2)17(19)21/h3-6,12-13H,7-11H2,1-2H3. The number of carbonyl (C=O) groups excluding carboxylic acids is 2. The fraction of sp³-hybridized carbons (Fsp3) is 0.529. The normalized spacial score (nSPS) is 24.2. The van der Waals surface area contributed by atoms with Crippen molar-refractivity contribution in [3.8, 4) is 5.75 Å². The quantitative estimate of drug-likeness (QED) is 0.846. The number of nitrogens with zero attached hydrogens (tertiary/aromatic N) is 2. The van der Waals surface area contributed by atoms with Crippen molar-refractivity contribution < 1.29 is 19.1 Å². The highest BCUT2D eigenvalue weighted by Gasteiger charge is 2.32. The van der Waals surface area contributed by atoms with Gasteiger partial charge in [0, 0.05) is 26.1 Å². The number of hydrogen-bond donors (Lipinski definition) is 0. The SMILES string of the molecule is CC1CN(C(=O)CCN2C(=O)C(C)Oc3ccccc32)CCO1. The first kappa shape index (κ1) is 15.8. The average molecular weight is 318 g/mol. The van der Waals surface area contributed by atoms with E-state index in [1.165, 1.54) is 0 Å². The van der Waals surface area contributed by atoms with Crippen LogP contribution in [-0.2, 0) is 14.3 Å². The van der Waals surface area contributed by atoms with Gasteiger partial charge in [-0.15, -0.1) is 0 Å². The number of rotatable bonds is 3. The van der Waals surface area contributed by atoms with E-state index >= 15 is 0 Å². The minimum absolute atomic E-state index is 0.0598. The van der Waals surface area contributed by atoms with Gasteiger partial charge < -0.3 is 19.3 Å². The average Bonchev–Trinajstić information content (AvgIpc) is 2.55. The zero-order valence-corrected chi connectivity index (χ0v) is 13.5. The van der Waals surface area contributed by atoms with E-state index in [-0.39, 0.29) is 17.9 Å². The van der Waals surface area contributed by atoms with Crippen molar-refractivity contribution in [2.75, 3.05) is 31.1 Å². The highest BCUT2D eigenvalue weighted by Crippen LogP contribution is 2.33. The van der Waals surface area contributed by atoms with Crippen LogP contribution >= 0.6 is 0 Å². The Morgan fingerprint density at radius 3 is 2.87 bits per heavy atom. The van der Waals surface area contributed by atoms with Crippen molar-refractivity contribution in [2.24, 2.45) is 0 Å². The smallest absolute Gasteiger partial charge is 0.267 e. The summed E-state index contributed by atoms with van der Waals surface area (Å²) >= 11 is 0. The molecule has 2 aliphatic rings. The van der Waals surface area contributed by atoms with Crippen molar-refractivity contribution in [1.29, 1.82) is 0 Å². The molecule has 0 bridgehead atoms. The molecule has 1 aromatic rings. The summed E-state index contributed by atoms with van der Waals surface area (Å²) in [7, 11) is 0. The summed E-state index contributed by atoms with van der Waals surface area (Å²) in [4.78, 5) is 28.2. The molecule has 3 rings (SSSR count). The van der Waals surface area contributed by atoms with E-state index in [9.17, 15) is 9.59 Å². The largest absolute Gasteiger partial charge is 0.479 e. The highest BCUT2D eigenvalue weighted by atomic mass is 16.5. The molecule has 2 aliphatic heterocycles. The van der Waals surface area contributed by atoms with Crippen LogP contribution in [-0.4, -0.2) is 55.2 Å². The molecular weight excluding hydrogens is 296 g/mol. The molecule has 2 atom stereocenters. The summed E-state index contributed by atoms with van der Waals surface area (Å²) in [5, 5.41) is 0. The molecule has 0 N–H and O–H groups in total. The van der Waals surface area contributed by atoms with Crippen LogP contribution in [0.1, 0.15) is 20.3 Å². The lowest BCUT2D eigenvalue weighted by molar-refractivity contribution is -0.138. The monoisotopic (exact) mass is 318 g/mol. The number of morpholine rings is 1. The van der Waals surface area contributed by atoms with Crippen molar-refractivity contribution >= 4 is 17.5 Å². The van der Waals surface area contributed by atoms with Gasteiger partial charge in [0.05, 0.1) is 18.4 Å². The van der Waals surface area contributed by atoms with Gasteiger partial charge in [0.1, 0.15) is 5.75 Å². The Labute approximate surface area is 136 Å². The second kappa shape index (κ2) is 6.58. The molecule has 124 valence electrons. The Kier molecular flexibility index (Phi) is 4.52. The lowest BCUT2D eigenvalue weighted by atomic mass is 10.1. The van der Waals surface area contributed by atoms with Crippen LogP contribution in [0.4, 0.5) is 5.69 Å². The van der Waals surface area contributed by atoms with E-state index in [2.05, 4.69) is 0 Å². The molecule has 1 fully saturated rings. The Morgan fingerprint density at radius 2 is 2.09 bits per heavy atom. The van der Waals surface area contributed by atoms with Gasteiger partial charge in [0.2, 0.25) is 5.91 Å². The Hall–Kier alpha value is -2.08. The van der Waals surface area contributed by atoms with Crippen molar-refractivity contribution in [3.05, 3.63) is 24.3 Å². The molecule has 1 saturated heterocycles. The summed E-state index contributed by atoms with van der Waals surface area (Å²) < 4.78 is 11.1. The maximum atomic E-state index is 12.4. The molecule has 0 saturated carbocycles. The minimum atomic E-state index is -0.525. The van der Waals surface area contributed by atoms with Gasteiger partial charge in [0.15, 0.2) is 6.10 Å². The van der Waals surface area contributed by atoms with Gasteiger partial charge in [-0.25, -0.2) is 0 Å². The number of hydrogen-bond acceptors (Lipinski definition) is 4. The van der Waals surface area contributed by atoms with Gasteiger partial charge in [-0.3, -0.25) is 9.59 Å². The third kappa shape index (κ3) is 3.32. The van der Waals surface area contributed by atoms with Gasteiger partial charge >= 0.3 is 0 Å². The summed E-state index contributed by atoms with van der Waals surface area (Å²) in [6, 6.07) is 7.43. The first-order valence-corrected chi connectivity index (χ1v) is 8.02. The minimum Gasteiger partial charge on any atom is -0.479 e. The number of benzene rings is 1. The zero-order chi connectivity index (χ0) is 16.4. The summed E-state index contributed by atoms with van der Waals surface area (Å²) in [6.45, 7) is 5.87. The molecule has 23 heavy (non-hydrogen) atoms. The number of anilines is 1. The van der Waals surface area contributed by atoms with Crippen LogP contribution in [0.25, 0.3) is 0 Å². The fourth-order valence-electron chi connectivity index (χ4n) is 3.00. The van der Waals surface area contributed by atoms with Crippen LogP contribution < -0.4 is 9.64 Å². The molecule has 0 radical (unpaired) electrons.